The second-order valence-corrected chi connectivity index (χ2v) is 6.74. The highest BCUT2D eigenvalue weighted by Crippen LogP contribution is 2.28. The molecule has 0 saturated carbocycles. The summed E-state index contributed by atoms with van der Waals surface area (Å²) in [5.41, 5.74) is 0.987. The SMILES string of the molecule is C[C@@H]1C[C@@H](C)CN(C(=O)c2cc(-c3ccco3)cs2)C1. The van der Waals surface area contributed by atoms with Crippen molar-refractivity contribution in [2.45, 2.75) is 20.3 Å². The van der Waals surface area contributed by atoms with Crippen LogP contribution in [0.2, 0.25) is 0 Å². The molecule has 3 rings (SSSR count). The zero-order valence-corrected chi connectivity index (χ0v) is 12.7. The van der Waals surface area contributed by atoms with Crippen LogP contribution >= 0.6 is 11.3 Å². The summed E-state index contributed by atoms with van der Waals surface area (Å²) in [5, 5.41) is 1.99. The minimum absolute atomic E-state index is 0.159. The highest BCUT2D eigenvalue weighted by molar-refractivity contribution is 7.12. The summed E-state index contributed by atoms with van der Waals surface area (Å²) in [6.07, 6.45) is 2.87. The molecule has 2 atom stereocenters. The standard InChI is InChI=1S/C16H19NO2S/c1-11-6-12(2)9-17(8-11)16(18)15-7-13(10-20-15)14-4-3-5-19-14/h3-5,7,10-12H,6,8-9H2,1-2H3/t11-,12-/m1/s1. The molecule has 0 spiro atoms. The molecule has 2 aromatic rings. The van der Waals surface area contributed by atoms with Gasteiger partial charge in [-0.05, 0) is 36.5 Å². The van der Waals surface area contributed by atoms with E-state index < -0.39 is 0 Å². The highest BCUT2D eigenvalue weighted by atomic mass is 32.1. The lowest BCUT2D eigenvalue weighted by atomic mass is 9.92. The van der Waals surface area contributed by atoms with Gasteiger partial charge in [0.25, 0.3) is 5.91 Å². The molecule has 1 aliphatic heterocycles. The average Bonchev–Trinajstić information content (AvgIpc) is 3.07. The van der Waals surface area contributed by atoms with Crippen LogP contribution in [0.4, 0.5) is 0 Å². The Morgan fingerprint density at radius 2 is 2.10 bits per heavy atom. The quantitative estimate of drug-likeness (QED) is 0.833. The Balaban J connectivity index is 1.77. The maximum absolute atomic E-state index is 12.6. The first-order valence-corrected chi connectivity index (χ1v) is 7.93. The Labute approximate surface area is 123 Å². The number of hydrogen-bond donors (Lipinski definition) is 0. The van der Waals surface area contributed by atoms with E-state index in [4.69, 9.17) is 4.42 Å². The van der Waals surface area contributed by atoms with Crippen LogP contribution in [-0.2, 0) is 0 Å². The highest BCUT2D eigenvalue weighted by Gasteiger charge is 2.27. The number of carbonyl (C=O) groups excluding carboxylic acids is 1. The predicted octanol–water partition coefficient (Wildman–Crippen LogP) is 4.13. The van der Waals surface area contributed by atoms with Crippen LogP contribution in [0.25, 0.3) is 11.3 Å². The monoisotopic (exact) mass is 289 g/mol. The van der Waals surface area contributed by atoms with Gasteiger partial charge in [0.2, 0.25) is 0 Å². The van der Waals surface area contributed by atoms with Crippen LogP contribution in [0.1, 0.15) is 29.9 Å². The fourth-order valence-corrected chi connectivity index (χ4v) is 3.87. The zero-order valence-electron chi connectivity index (χ0n) is 11.8. The number of carbonyl (C=O) groups is 1. The van der Waals surface area contributed by atoms with Crippen molar-refractivity contribution in [3.8, 4) is 11.3 Å². The van der Waals surface area contributed by atoms with E-state index >= 15 is 0 Å². The molecule has 0 unspecified atom stereocenters. The molecule has 0 radical (unpaired) electrons. The van der Waals surface area contributed by atoms with Crippen molar-refractivity contribution in [2.24, 2.45) is 11.8 Å². The number of likely N-dealkylation sites (tertiary alicyclic amines) is 1. The van der Waals surface area contributed by atoms with Gasteiger partial charge in [-0.3, -0.25) is 4.79 Å². The average molecular weight is 289 g/mol. The summed E-state index contributed by atoms with van der Waals surface area (Å²) in [6, 6.07) is 5.72. The summed E-state index contributed by atoms with van der Waals surface area (Å²) in [4.78, 5) is 15.4. The third kappa shape index (κ3) is 2.66. The number of furan rings is 1. The van der Waals surface area contributed by atoms with E-state index in [1.165, 1.54) is 17.8 Å². The third-order valence-corrected chi connectivity index (χ3v) is 4.69. The third-order valence-electron chi connectivity index (χ3n) is 3.77. The van der Waals surface area contributed by atoms with Gasteiger partial charge in [0.1, 0.15) is 5.76 Å². The molecular weight excluding hydrogens is 270 g/mol. The molecule has 0 N–H and O–H groups in total. The van der Waals surface area contributed by atoms with E-state index in [1.54, 1.807) is 6.26 Å². The molecule has 3 heterocycles. The molecule has 4 heteroatoms. The van der Waals surface area contributed by atoms with Gasteiger partial charge in [0.05, 0.1) is 11.1 Å². The second-order valence-electron chi connectivity index (χ2n) is 5.83. The normalized spacial score (nSPS) is 23.0. The van der Waals surface area contributed by atoms with Crippen LogP contribution in [0.15, 0.2) is 34.3 Å². The predicted molar refractivity (Wildman–Crippen MR) is 80.9 cm³/mol. The van der Waals surface area contributed by atoms with E-state index in [0.29, 0.717) is 11.8 Å². The van der Waals surface area contributed by atoms with E-state index in [9.17, 15) is 4.79 Å². The molecule has 3 nitrogen and oxygen atoms in total. The van der Waals surface area contributed by atoms with E-state index in [0.717, 1.165) is 29.3 Å². The van der Waals surface area contributed by atoms with Crippen LogP contribution in [0.5, 0.6) is 0 Å². The number of thiophene rings is 1. The molecule has 2 aromatic heterocycles. The van der Waals surface area contributed by atoms with Crippen molar-refractivity contribution in [3.05, 3.63) is 34.7 Å². The van der Waals surface area contributed by atoms with Gasteiger partial charge >= 0.3 is 0 Å². The molecule has 0 aromatic carbocycles. The maximum atomic E-state index is 12.6. The van der Waals surface area contributed by atoms with Crippen LogP contribution < -0.4 is 0 Å². The Hall–Kier alpha value is -1.55. The van der Waals surface area contributed by atoms with E-state index in [1.807, 2.05) is 28.5 Å². The van der Waals surface area contributed by atoms with Gasteiger partial charge < -0.3 is 9.32 Å². The van der Waals surface area contributed by atoms with Crippen molar-refractivity contribution in [1.82, 2.24) is 4.90 Å². The topological polar surface area (TPSA) is 33.5 Å². The molecule has 0 bridgehead atoms. The van der Waals surface area contributed by atoms with E-state index in [2.05, 4.69) is 13.8 Å². The summed E-state index contributed by atoms with van der Waals surface area (Å²) < 4.78 is 5.37. The van der Waals surface area contributed by atoms with Gasteiger partial charge in [-0.25, -0.2) is 0 Å². The first-order valence-electron chi connectivity index (χ1n) is 7.05. The van der Waals surface area contributed by atoms with E-state index in [-0.39, 0.29) is 5.91 Å². The molecule has 1 fully saturated rings. The minimum Gasteiger partial charge on any atom is -0.464 e. The molecule has 0 aliphatic carbocycles. The lowest BCUT2D eigenvalue weighted by Gasteiger charge is -2.34. The lowest BCUT2D eigenvalue weighted by Crippen LogP contribution is -2.42. The molecule has 20 heavy (non-hydrogen) atoms. The molecular formula is C16H19NO2S. The van der Waals surface area contributed by atoms with Crippen molar-refractivity contribution in [1.29, 1.82) is 0 Å². The lowest BCUT2D eigenvalue weighted by molar-refractivity contribution is 0.0628. The summed E-state index contributed by atoms with van der Waals surface area (Å²) in [7, 11) is 0. The van der Waals surface area contributed by atoms with Crippen molar-refractivity contribution < 1.29 is 9.21 Å². The number of rotatable bonds is 2. The number of amides is 1. The Morgan fingerprint density at radius 3 is 2.75 bits per heavy atom. The summed E-state index contributed by atoms with van der Waals surface area (Å²) in [5.74, 6) is 2.16. The van der Waals surface area contributed by atoms with Gasteiger partial charge in [0, 0.05) is 24.0 Å². The summed E-state index contributed by atoms with van der Waals surface area (Å²) in [6.45, 7) is 6.19. The van der Waals surface area contributed by atoms with Gasteiger partial charge in [0.15, 0.2) is 0 Å². The van der Waals surface area contributed by atoms with Gasteiger partial charge in [-0.1, -0.05) is 13.8 Å². The second kappa shape index (κ2) is 5.44. The smallest absolute Gasteiger partial charge is 0.263 e. The maximum Gasteiger partial charge on any atom is 0.263 e. The summed E-state index contributed by atoms with van der Waals surface area (Å²) >= 11 is 1.50. The largest absolute Gasteiger partial charge is 0.464 e. The molecule has 106 valence electrons. The fourth-order valence-electron chi connectivity index (χ4n) is 3.01. The fraction of sp³-hybridized carbons (Fsp3) is 0.438. The zero-order chi connectivity index (χ0) is 14.1. The van der Waals surface area contributed by atoms with Gasteiger partial charge in [-0.2, -0.15) is 0 Å². The number of nitrogens with zero attached hydrogens (tertiary/aromatic N) is 1. The number of hydrogen-bond acceptors (Lipinski definition) is 3. The van der Waals surface area contributed by atoms with Crippen LogP contribution in [-0.4, -0.2) is 23.9 Å². The Morgan fingerprint density at radius 1 is 1.35 bits per heavy atom. The van der Waals surface area contributed by atoms with Crippen LogP contribution in [0, 0.1) is 11.8 Å². The van der Waals surface area contributed by atoms with Crippen molar-refractivity contribution >= 4 is 17.2 Å². The minimum atomic E-state index is 0.159. The number of piperidine rings is 1. The first kappa shape index (κ1) is 13.4. The molecule has 1 amide bonds. The van der Waals surface area contributed by atoms with Crippen molar-refractivity contribution in [2.75, 3.05) is 13.1 Å². The van der Waals surface area contributed by atoms with Gasteiger partial charge in [-0.15, -0.1) is 11.3 Å². The Kier molecular flexibility index (Phi) is 3.66. The van der Waals surface area contributed by atoms with Crippen molar-refractivity contribution in [3.63, 3.8) is 0 Å². The van der Waals surface area contributed by atoms with Crippen LogP contribution in [0.3, 0.4) is 0 Å². The Bertz CT molecular complexity index is 577. The molecule has 1 aliphatic rings. The molecule has 1 saturated heterocycles. The first-order chi connectivity index (χ1) is 9.63.